The number of hydrogen-bond donors (Lipinski definition) is 1. The minimum atomic E-state index is 0.702. The summed E-state index contributed by atoms with van der Waals surface area (Å²) in [7, 11) is 0. The highest BCUT2D eigenvalue weighted by Crippen LogP contribution is 2.22. The fourth-order valence-electron chi connectivity index (χ4n) is 2.14. The number of hydrogen-bond acceptors (Lipinski definition) is 5. The van der Waals surface area contributed by atoms with Gasteiger partial charge in [0.1, 0.15) is 11.8 Å². The van der Waals surface area contributed by atoms with Crippen molar-refractivity contribution in [2.24, 2.45) is 0 Å². The van der Waals surface area contributed by atoms with Crippen LogP contribution >= 0.6 is 11.8 Å². The molecule has 0 bridgehead atoms. The highest BCUT2D eigenvalue weighted by molar-refractivity contribution is 7.98. The molecule has 0 aliphatic rings. The molecule has 0 spiro atoms. The third-order valence-corrected chi connectivity index (χ3v) is 4.20. The second-order valence-corrected chi connectivity index (χ2v) is 5.69. The molecular weight excluding hydrogens is 296 g/mol. The Morgan fingerprint density at radius 2 is 2.05 bits per heavy atom. The fourth-order valence-corrected chi connectivity index (χ4v) is 2.96. The van der Waals surface area contributed by atoms with Crippen molar-refractivity contribution in [3.63, 3.8) is 0 Å². The van der Waals surface area contributed by atoms with Crippen LogP contribution < -0.4 is 0 Å². The van der Waals surface area contributed by atoms with Crippen LogP contribution in [-0.4, -0.2) is 29.5 Å². The van der Waals surface area contributed by atoms with E-state index in [4.69, 9.17) is 0 Å². The number of nitrogens with one attached hydrogen (secondary N) is 1. The second kappa shape index (κ2) is 5.61. The van der Waals surface area contributed by atoms with E-state index < -0.39 is 0 Å². The van der Waals surface area contributed by atoms with Crippen molar-refractivity contribution in [1.29, 1.82) is 0 Å². The molecule has 7 heteroatoms. The third kappa shape index (κ3) is 2.58. The maximum Gasteiger partial charge on any atom is 0.181 e. The van der Waals surface area contributed by atoms with Crippen molar-refractivity contribution in [2.45, 2.75) is 10.9 Å². The smallest absolute Gasteiger partial charge is 0.181 e. The molecule has 0 aliphatic heterocycles. The summed E-state index contributed by atoms with van der Waals surface area (Å²) in [6.45, 7) is 0. The minimum absolute atomic E-state index is 0.702. The lowest BCUT2D eigenvalue weighted by atomic mass is 10.2. The molecule has 22 heavy (non-hydrogen) atoms. The summed E-state index contributed by atoms with van der Waals surface area (Å²) in [4.78, 5) is 19.8. The topological polar surface area (TPSA) is 72.3 Å². The van der Waals surface area contributed by atoms with Gasteiger partial charge >= 0.3 is 0 Å². The number of benzene rings is 1. The molecule has 1 N–H and O–H groups in total. The monoisotopic (exact) mass is 308 g/mol. The molecule has 6 nitrogen and oxygen atoms in total. The van der Waals surface area contributed by atoms with E-state index >= 15 is 0 Å². The van der Waals surface area contributed by atoms with Crippen molar-refractivity contribution in [3.8, 4) is 5.69 Å². The van der Waals surface area contributed by atoms with E-state index in [0.717, 1.165) is 22.1 Å². The van der Waals surface area contributed by atoms with E-state index in [1.54, 1.807) is 30.5 Å². The molecule has 4 rings (SSSR count). The van der Waals surface area contributed by atoms with E-state index in [0.29, 0.717) is 5.65 Å². The molecule has 0 atom stereocenters. The Morgan fingerprint density at radius 3 is 2.82 bits per heavy atom. The lowest BCUT2D eigenvalue weighted by molar-refractivity contribution is 1.05. The quantitative estimate of drug-likeness (QED) is 0.587. The number of thioether (sulfide) groups is 1. The van der Waals surface area contributed by atoms with E-state index in [2.05, 4.69) is 49.2 Å². The predicted octanol–water partition coefficient (Wildman–Crippen LogP) is 2.83. The maximum atomic E-state index is 4.43. The molecule has 0 radical (unpaired) electrons. The Bertz CT molecular complexity index is 849. The van der Waals surface area contributed by atoms with Gasteiger partial charge in [0.25, 0.3) is 0 Å². The Balaban J connectivity index is 1.47. The van der Waals surface area contributed by atoms with E-state index in [9.17, 15) is 0 Å². The van der Waals surface area contributed by atoms with Gasteiger partial charge in [0, 0.05) is 23.8 Å². The molecule has 108 valence electrons. The van der Waals surface area contributed by atoms with Crippen LogP contribution in [-0.2, 0) is 5.75 Å². The summed E-state index contributed by atoms with van der Waals surface area (Å²) >= 11 is 1.65. The SMILES string of the molecule is c1cn(-c2ccc(CSc3nc4ncncc4[nH]3)cc2)cn1. The first-order valence-corrected chi connectivity index (χ1v) is 7.73. The number of imidazole rings is 2. The van der Waals surface area contributed by atoms with Gasteiger partial charge in [-0.1, -0.05) is 23.9 Å². The molecule has 0 saturated heterocycles. The van der Waals surface area contributed by atoms with Crippen molar-refractivity contribution in [2.75, 3.05) is 0 Å². The van der Waals surface area contributed by atoms with E-state index in [1.807, 2.05) is 10.8 Å². The summed E-state index contributed by atoms with van der Waals surface area (Å²) in [5, 5.41) is 0.856. The summed E-state index contributed by atoms with van der Waals surface area (Å²) in [5.41, 5.74) is 3.90. The molecule has 1 aromatic carbocycles. The molecule has 3 aromatic heterocycles. The largest absolute Gasteiger partial charge is 0.330 e. The average molecular weight is 308 g/mol. The first-order valence-electron chi connectivity index (χ1n) is 6.74. The van der Waals surface area contributed by atoms with Crippen LogP contribution in [0, 0.1) is 0 Å². The van der Waals surface area contributed by atoms with Gasteiger partial charge < -0.3 is 9.55 Å². The Hall–Kier alpha value is -2.67. The van der Waals surface area contributed by atoms with Gasteiger partial charge in [-0.15, -0.1) is 0 Å². The zero-order chi connectivity index (χ0) is 14.8. The summed E-state index contributed by atoms with van der Waals surface area (Å²) in [6.07, 6.45) is 8.73. The molecule has 4 aromatic rings. The fraction of sp³-hybridized carbons (Fsp3) is 0.0667. The number of fused-ring (bicyclic) bond motifs is 1. The Morgan fingerprint density at radius 1 is 1.14 bits per heavy atom. The van der Waals surface area contributed by atoms with Crippen molar-refractivity contribution >= 4 is 22.9 Å². The van der Waals surface area contributed by atoms with Gasteiger partial charge in [0.15, 0.2) is 10.8 Å². The lowest BCUT2D eigenvalue weighted by Gasteiger charge is -2.04. The number of rotatable bonds is 4. The maximum absolute atomic E-state index is 4.43. The molecule has 3 heterocycles. The zero-order valence-electron chi connectivity index (χ0n) is 11.5. The third-order valence-electron chi connectivity index (χ3n) is 3.25. The van der Waals surface area contributed by atoms with Crippen LogP contribution in [0.4, 0.5) is 0 Å². The highest BCUT2D eigenvalue weighted by Gasteiger charge is 2.04. The highest BCUT2D eigenvalue weighted by atomic mass is 32.2. The lowest BCUT2D eigenvalue weighted by Crippen LogP contribution is -1.90. The van der Waals surface area contributed by atoms with Crippen LogP contribution in [0.1, 0.15) is 5.56 Å². The molecule has 0 amide bonds. The first-order chi connectivity index (χ1) is 10.9. The van der Waals surface area contributed by atoms with Gasteiger partial charge in [0.05, 0.1) is 12.5 Å². The molecule has 0 unspecified atom stereocenters. The minimum Gasteiger partial charge on any atom is -0.330 e. The molecule has 0 aliphatic carbocycles. The van der Waals surface area contributed by atoms with Crippen LogP contribution in [0.25, 0.3) is 16.9 Å². The van der Waals surface area contributed by atoms with Crippen LogP contribution in [0.3, 0.4) is 0 Å². The summed E-state index contributed by atoms with van der Waals surface area (Å²) in [5.74, 6) is 0.845. The standard InChI is InChI=1S/C15H12N6S/c1-3-12(21-6-5-16-10-21)4-2-11(1)8-22-15-19-13-7-17-9-18-14(13)20-15/h1-7,9-10H,8H2,(H,17,18,19,20). The number of aromatic nitrogens is 6. The van der Waals surface area contributed by atoms with Crippen molar-refractivity contribution in [1.82, 2.24) is 29.5 Å². The van der Waals surface area contributed by atoms with Gasteiger partial charge in [-0.3, -0.25) is 0 Å². The van der Waals surface area contributed by atoms with E-state index in [-0.39, 0.29) is 0 Å². The average Bonchev–Trinajstić information content (AvgIpc) is 3.22. The summed E-state index contributed by atoms with van der Waals surface area (Å²) < 4.78 is 1.98. The second-order valence-electron chi connectivity index (χ2n) is 4.73. The molecule has 0 fully saturated rings. The van der Waals surface area contributed by atoms with Crippen LogP contribution in [0.15, 0.2) is 60.7 Å². The normalized spacial score (nSPS) is 11.1. The number of H-pyrrole nitrogens is 1. The van der Waals surface area contributed by atoms with Crippen LogP contribution in [0.5, 0.6) is 0 Å². The molecular formula is C15H12N6S. The van der Waals surface area contributed by atoms with Gasteiger partial charge in [-0.2, -0.15) is 0 Å². The first kappa shape index (κ1) is 13.0. The Kier molecular flexibility index (Phi) is 3.32. The predicted molar refractivity (Wildman–Crippen MR) is 84.8 cm³/mol. The zero-order valence-corrected chi connectivity index (χ0v) is 12.4. The summed E-state index contributed by atoms with van der Waals surface area (Å²) in [6, 6.07) is 8.40. The molecule has 0 saturated carbocycles. The van der Waals surface area contributed by atoms with Crippen molar-refractivity contribution < 1.29 is 0 Å². The van der Waals surface area contributed by atoms with E-state index in [1.165, 1.54) is 11.9 Å². The Labute approximate surface area is 130 Å². The number of aromatic amines is 1. The van der Waals surface area contributed by atoms with Gasteiger partial charge in [0.2, 0.25) is 0 Å². The number of nitrogens with zero attached hydrogens (tertiary/aromatic N) is 5. The van der Waals surface area contributed by atoms with Gasteiger partial charge in [-0.05, 0) is 17.7 Å². The van der Waals surface area contributed by atoms with Gasteiger partial charge in [-0.25, -0.2) is 19.9 Å². The van der Waals surface area contributed by atoms with Crippen LogP contribution in [0.2, 0.25) is 0 Å². The van der Waals surface area contributed by atoms with Crippen molar-refractivity contribution in [3.05, 3.63) is 61.1 Å².